The Labute approximate surface area is 166 Å². The SMILES string of the molecule is CC(=O)/C=N/Nc1ccc(-c2cn(CC(=O)Nc3ccc(Cl)cc3)nn2)cc1. The van der Waals surface area contributed by atoms with Crippen LogP contribution in [0, 0.1) is 0 Å². The van der Waals surface area contributed by atoms with Gasteiger partial charge in [-0.15, -0.1) is 5.10 Å². The van der Waals surface area contributed by atoms with Crippen LogP contribution in [0.1, 0.15) is 6.92 Å². The van der Waals surface area contributed by atoms with Crippen molar-refractivity contribution in [3.8, 4) is 11.3 Å². The number of aromatic nitrogens is 3. The zero-order chi connectivity index (χ0) is 19.9. The van der Waals surface area contributed by atoms with Crippen molar-refractivity contribution in [3.05, 3.63) is 59.8 Å². The highest BCUT2D eigenvalue weighted by atomic mass is 35.5. The van der Waals surface area contributed by atoms with E-state index in [0.29, 0.717) is 16.4 Å². The number of nitrogens with zero attached hydrogens (tertiary/aromatic N) is 4. The minimum absolute atomic E-state index is 0.0367. The summed E-state index contributed by atoms with van der Waals surface area (Å²) in [6.07, 6.45) is 2.90. The number of nitrogens with one attached hydrogen (secondary N) is 2. The van der Waals surface area contributed by atoms with Crippen LogP contribution < -0.4 is 10.7 Å². The smallest absolute Gasteiger partial charge is 0.246 e. The third kappa shape index (κ3) is 5.49. The van der Waals surface area contributed by atoms with Gasteiger partial charge in [-0.3, -0.25) is 15.0 Å². The summed E-state index contributed by atoms with van der Waals surface area (Å²) in [5.41, 5.74) is 5.62. The van der Waals surface area contributed by atoms with E-state index in [2.05, 4.69) is 26.2 Å². The van der Waals surface area contributed by atoms with E-state index >= 15 is 0 Å². The molecule has 8 nitrogen and oxygen atoms in total. The molecule has 0 saturated heterocycles. The topological polar surface area (TPSA) is 101 Å². The molecule has 28 heavy (non-hydrogen) atoms. The van der Waals surface area contributed by atoms with Gasteiger partial charge in [0.25, 0.3) is 0 Å². The number of Topliss-reactive ketones (excluding diaryl/α,β-unsaturated/α-hetero) is 1. The molecule has 0 unspecified atom stereocenters. The van der Waals surface area contributed by atoms with Gasteiger partial charge in [0.2, 0.25) is 5.91 Å². The maximum atomic E-state index is 12.1. The molecule has 1 heterocycles. The molecule has 142 valence electrons. The second-order valence-electron chi connectivity index (χ2n) is 5.91. The summed E-state index contributed by atoms with van der Waals surface area (Å²) >= 11 is 5.83. The average molecular weight is 397 g/mol. The number of benzene rings is 2. The molecule has 0 aliphatic carbocycles. The molecule has 3 rings (SSSR count). The first-order valence-electron chi connectivity index (χ1n) is 8.35. The van der Waals surface area contributed by atoms with E-state index in [1.165, 1.54) is 17.8 Å². The van der Waals surface area contributed by atoms with Gasteiger partial charge in [-0.25, -0.2) is 4.68 Å². The van der Waals surface area contributed by atoms with Crippen molar-refractivity contribution in [2.24, 2.45) is 5.10 Å². The third-order valence-electron chi connectivity index (χ3n) is 3.59. The van der Waals surface area contributed by atoms with Crippen molar-refractivity contribution < 1.29 is 9.59 Å². The number of carbonyl (C=O) groups is 2. The number of hydrogen-bond acceptors (Lipinski definition) is 6. The number of hydrogen-bond donors (Lipinski definition) is 2. The number of amides is 1. The van der Waals surface area contributed by atoms with Gasteiger partial charge in [0.1, 0.15) is 12.2 Å². The Balaban J connectivity index is 1.59. The Morgan fingerprint density at radius 2 is 1.79 bits per heavy atom. The molecule has 1 amide bonds. The van der Waals surface area contributed by atoms with Crippen LogP contribution in [0.4, 0.5) is 11.4 Å². The molecule has 0 atom stereocenters. The lowest BCUT2D eigenvalue weighted by atomic mass is 10.1. The molecule has 0 saturated carbocycles. The zero-order valence-corrected chi connectivity index (χ0v) is 15.7. The molecule has 2 aromatic carbocycles. The molecule has 0 aliphatic heterocycles. The summed E-state index contributed by atoms with van der Waals surface area (Å²) in [4.78, 5) is 23.0. The fourth-order valence-corrected chi connectivity index (χ4v) is 2.43. The Morgan fingerprint density at radius 1 is 1.11 bits per heavy atom. The van der Waals surface area contributed by atoms with Gasteiger partial charge in [-0.05, 0) is 36.4 Å². The van der Waals surface area contributed by atoms with Gasteiger partial charge in [-0.2, -0.15) is 5.10 Å². The van der Waals surface area contributed by atoms with Crippen LogP contribution in [0.3, 0.4) is 0 Å². The van der Waals surface area contributed by atoms with Crippen molar-refractivity contribution in [2.75, 3.05) is 10.7 Å². The normalized spacial score (nSPS) is 10.8. The van der Waals surface area contributed by atoms with Crippen LogP contribution in [-0.4, -0.2) is 32.9 Å². The van der Waals surface area contributed by atoms with Gasteiger partial charge in [0, 0.05) is 23.2 Å². The summed E-state index contributed by atoms with van der Waals surface area (Å²) < 4.78 is 1.46. The van der Waals surface area contributed by atoms with Crippen LogP contribution in [-0.2, 0) is 16.1 Å². The summed E-state index contributed by atoms with van der Waals surface area (Å²) in [5.74, 6) is -0.359. The molecule has 0 bridgehead atoms. The van der Waals surface area contributed by atoms with Crippen LogP contribution in [0.25, 0.3) is 11.3 Å². The molecule has 0 spiro atoms. The minimum atomic E-state index is -0.221. The Bertz CT molecular complexity index is 996. The van der Waals surface area contributed by atoms with Gasteiger partial charge >= 0.3 is 0 Å². The zero-order valence-electron chi connectivity index (χ0n) is 15.0. The Morgan fingerprint density at radius 3 is 2.46 bits per heavy atom. The summed E-state index contributed by atoms with van der Waals surface area (Å²) in [5, 5.41) is 15.3. The number of hydrazone groups is 1. The molecule has 0 fully saturated rings. The molecule has 2 N–H and O–H groups in total. The Kier molecular flexibility index (Phi) is 6.13. The Hall–Kier alpha value is -3.52. The van der Waals surface area contributed by atoms with Gasteiger partial charge in [0.05, 0.1) is 18.1 Å². The van der Waals surface area contributed by atoms with Gasteiger partial charge in [-0.1, -0.05) is 28.9 Å². The van der Waals surface area contributed by atoms with Crippen molar-refractivity contribution in [2.45, 2.75) is 13.5 Å². The monoisotopic (exact) mass is 396 g/mol. The average Bonchev–Trinajstić information content (AvgIpc) is 3.12. The van der Waals surface area contributed by atoms with Gasteiger partial charge < -0.3 is 5.32 Å². The third-order valence-corrected chi connectivity index (χ3v) is 3.84. The molecule has 3 aromatic rings. The second-order valence-corrected chi connectivity index (χ2v) is 6.35. The highest BCUT2D eigenvalue weighted by Gasteiger charge is 2.08. The van der Waals surface area contributed by atoms with E-state index < -0.39 is 0 Å². The fourth-order valence-electron chi connectivity index (χ4n) is 2.30. The largest absolute Gasteiger partial charge is 0.324 e. The number of halogens is 1. The van der Waals surface area contributed by atoms with Crippen LogP contribution in [0.2, 0.25) is 5.02 Å². The van der Waals surface area contributed by atoms with Gasteiger partial charge in [0.15, 0.2) is 5.78 Å². The lowest BCUT2D eigenvalue weighted by Crippen LogP contribution is -2.19. The number of carbonyl (C=O) groups excluding carboxylic acids is 2. The van der Waals surface area contributed by atoms with E-state index in [9.17, 15) is 9.59 Å². The van der Waals surface area contributed by atoms with Crippen molar-refractivity contribution in [1.82, 2.24) is 15.0 Å². The lowest BCUT2D eigenvalue weighted by Gasteiger charge is -2.04. The van der Waals surface area contributed by atoms with E-state index in [-0.39, 0.29) is 18.2 Å². The highest BCUT2D eigenvalue weighted by molar-refractivity contribution is 6.30. The number of rotatable bonds is 7. The first-order chi connectivity index (χ1) is 13.5. The van der Waals surface area contributed by atoms with Crippen LogP contribution in [0.15, 0.2) is 59.8 Å². The van der Waals surface area contributed by atoms with Crippen molar-refractivity contribution in [3.63, 3.8) is 0 Å². The van der Waals surface area contributed by atoms with Crippen LogP contribution >= 0.6 is 11.6 Å². The predicted molar refractivity (Wildman–Crippen MR) is 108 cm³/mol. The quantitative estimate of drug-likeness (QED) is 0.471. The van der Waals surface area contributed by atoms with E-state index in [1.54, 1.807) is 42.6 Å². The molecular formula is C19H17ClN6O2. The minimum Gasteiger partial charge on any atom is -0.324 e. The van der Waals surface area contributed by atoms with E-state index in [0.717, 1.165) is 11.3 Å². The second kappa shape index (κ2) is 8.92. The fraction of sp³-hybridized carbons (Fsp3) is 0.105. The summed E-state index contributed by atoms with van der Waals surface area (Å²) in [6.45, 7) is 1.46. The predicted octanol–water partition coefficient (Wildman–Crippen LogP) is 3.22. The maximum absolute atomic E-state index is 12.1. The summed E-state index contributed by atoms with van der Waals surface area (Å²) in [6, 6.07) is 14.1. The van der Waals surface area contributed by atoms with Crippen LogP contribution in [0.5, 0.6) is 0 Å². The van der Waals surface area contributed by atoms with E-state index in [4.69, 9.17) is 11.6 Å². The standard InChI is InChI=1S/C19H17ClN6O2/c1-13(27)10-21-23-17-6-2-14(3-7-17)18-11-26(25-24-18)12-19(28)22-16-8-4-15(20)5-9-16/h2-11,23H,12H2,1H3,(H,22,28)/b21-10+. The first-order valence-corrected chi connectivity index (χ1v) is 8.73. The molecule has 9 heteroatoms. The van der Waals surface area contributed by atoms with E-state index in [1.807, 2.05) is 12.1 Å². The maximum Gasteiger partial charge on any atom is 0.246 e. The number of anilines is 2. The molecular weight excluding hydrogens is 380 g/mol. The highest BCUT2D eigenvalue weighted by Crippen LogP contribution is 2.19. The first kappa shape index (κ1) is 19.2. The molecule has 1 aromatic heterocycles. The summed E-state index contributed by atoms with van der Waals surface area (Å²) in [7, 11) is 0. The van der Waals surface area contributed by atoms with Crippen molar-refractivity contribution >= 4 is 40.9 Å². The molecule has 0 aliphatic rings. The lowest BCUT2D eigenvalue weighted by molar-refractivity contribution is -0.117. The number of ketones is 1. The van der Waals surface area contributed by atoms with Crippen molar-refractivity contribution in [1.29, 1.82) is 0 Å². The molecule has 0 radical (unpaired) electrons.